The molecule has 0 aliphatic heterocycles. The predicted octanol–water partition coefficient (Wildman–Crippen LogP) is 4.79. The quantitative estimate of drug-likeness (QED) is 0.586. The molecule has 0 bridgehead atoms. The van der Waals surface area contributed by atoms with Gasteiger partial charge >= 0.3 is 0 Å². The maximum atomic E-state index is 9.96. The molecule has 0 spiro atoms. The van der Waals surface area contributed by atoms with E-state index in [1.54, 1.807) is 11.8 Å². The van der Waals surface area contributed by atoms with Crippen molar-refractivity contribution in [3.8, 4) is 5.75 Å². The van der Waals surface area contributed by atoms with Crippen LogP contribution in [0.4, 0.5) is 5.69 Å². The molecule has 0 unspecified atom stereocenters. The number of benzene rings is 2. The molecule has 2 rings (SSSR count). The lowest BCUT2D eigenvalue weighted by atomic mass is 10.2. The molecule has 0 radical (unpaired) electrons. The fourth-order valence-electron chi connectivity index (χ4n) is 1.50. The maximum absolute atomic E-state index is 9.96. The van der Waals surface area contributed by atoms with Crippen molar-refractivity contribution in [2.75, 3.05) is 5.73 Å². The smallest absolute Gasteiger partial charge is 0.133 e. The summed E-state index contributed by atoms with van der Waals surface area (Å²) in [5.74, 6) is 0.943. The number of phenols is 1. The normalized spacial score (nSPS) is 10.6. The highest BCUT2D eigenvalue weighted by Gasteiger charge is 2.08. The van der Waals surface area contributed by atoms with E-state index < -0.39 is 0 Å². The Morgan fingerprint density at radius 1 is 1.17 bits per heavy atom. The monoisotopic (exact) mass is 387 g/mol. The summed E-state index contributed by atoms with van der Waals surface area (Å²) in [6, 6.07) is 11.4. The van der Waals surface area contributed by atoms with Crippen LogP contribution in [-0.4, -0.2) is 5.11 Å². The molecule has 0 saturated heterocycles. The van der Waals surface area contributed by atoms with Crippen LogP contribution in [0.3, 0.4) is 0 Å². The predicted molar refractivity (Wildman–Crippen MR) is 83.9 cm³/mol. The lowest BCUT2D eigenvalue weighted by Crippen LogP contribution is -1.89. The Labute approximate surface area is 127 Å². The van der Waals surface area contributed by atoms with Crippen LogP contribution in [-0.2, 0) is 5.75 Å². The molecular formula is C13H11Br2NOS. The summed E-state index contributed by atoms with van der Waals surface area (Å²) < 4.78 is 1.62. The maximum Gasteiger partial charge on any atom is 0.133 e. The zero-order chi connectivity index (χ0) is 13.1. The molecule has 0 heterocycles. The van der Waals surface area contributed by atoms with E-state index >= 15 is 0 Å². The number of nitrogen functional groups attached to an aromatic ring is 1. The molecule has 5 heteroatoms. The molecule has 0 saturated carbocycles. The van der Waals surface area contributed by atoms with Gasteiger partial charge in [0.15, 0.2) is 0 Å². The Morgan fingerprint density at radius 3 is 2.61 bits per heavy atom. The van der Waals surface area contributed by atoms with Crippen LogP contribution in [0.5, 0.6) is 5.75 Å². The van der Waals surface area contributed by atoms with Gasteiger partial charge in [0.05, 0.1) is 4.47 Å². The lowest BCUT2D eigenvalue weighted by molar-refractivity contribution is 0.467. The zero-order valence-corrected chi connectivity index (χ0v) is 13.3. The molecular weight excluding hydrogens is 378 g/mol. The largest absolute Gasteiger partial charge is 0.506 e. The first-order valence-corrected chi connectivity index (χ1v) is 7.79. The highest BCUT2D eigenvalue weighted by Crippen LogP contribution is 2.36. The Bertz CT molecular complexity index is 575. The number of rotatable bonds is 3. The minimum Gasteiger partial charge on any atom is -0.506 e. The summed E-state index contributed by atoms with van der Waals surface area (Å²) in [7, 11) is 0. The number of para-hydroxylation sites is 1. The van der Waals surface area contributed by atoms with E-state index in [1.165, 1.54) is 0 Å². The van der Waals surface area contributed by atoms with Crippen molar-refractivity contribution in [3.63, 3.8) is 0 Å². The fraction of sp³-hybridized carbons (Fsp3) is 0.0769. The van der Waals surface area contributed by atoms with E-state index in [9.17, 15) is 5.11 Å². The van der Waals surface area contributed by atoms with Crippen molar-refractivity contribution in [1.82, 2.24) is 0 Å². The molecule has 2 aromatic rings. The summed E-state index contributed by atoms with van der Waals surface area (Å²) in [5.41, 5.74) is 7.51. The summed E-state index contributed by atoms with van der Waals surface area (Å²) in [6.45, 7) is 0. The minimum atomic E-state index is 0.278. The van der Waals surface area contributed by atoms with Crippen molar-refractivity contribution in [1.29, 1.82) is 0 Å². The van der Waals surface area contributed by atoms with Gasteiger partial charge in [0.25, 0.3) is 0 Å². The Hall–Kier alpha value is -0.650. The third-order valence-corrected chi connectivity index (χ3v) is 4.61. The number of phenolic OH excluding ortho intramolecular Hbond substituents is 1. The average molecular weight is 389 g/mol. The van der Waals surface area contributed by atoms with E-state index in [0.29, 0.717) is 10.2 Å². The molecule has 2 aromatic carbocycles. The number of anilines is 1. The van der Waals surface area contributed by atoms with Crippen molar-refractivity contribution < 1.29 is 5.11 Å². The molecule has 18 heavy (non-hydrogen) atoms. The Kier molecular flexibility index (Phi) is 4.59. The molecule has 0 atom stereocenters. The van der Waals surface area contributed by atoms with Gasteiger partial charge in [-0.1, -0.05) is 28.1 Å². The third-order valence-electron chi connectivity index (χ3n) is 2.41. The number of thioether (sulfide) groups is 1. The lowest BCUT2D eigenvalue weighted by Gasteiger charge is -2.08. The van der Waals surface area contributed by atoms with Crippen molar-refractivity contribution >= 4 is 49.3 Å². The second kappa shape index (κ2) is 5.99. The van der Waals surface area contributed by atoms with Crippen LogP contribution in [0.1, 0.15) is 5.56 Å². The second-order valence-corrected chi connectivity index (χ2v) is 6.51. The van der Waals surface area contributed by atoms with Crippen LogP contribution in [0.15, 0.2) is 50.2 Å². The molecule has 2 nitrogen and oxygen atoms in total. The molecule has 0 amide bonds. The topological polar surface area (TPSA) is 46.2 Å². The first-order chi connectivity index (χ1) is 8.58. The second-order valence-electron chi connectivity index (χ2n) is 3.72. The van der Waals surface area contributed by atoms with Gasteiger partial charge in [0.2, 0.25) is 0 Å². The molecule has 0 aromatic heterocycles. The number of halogens is 2. The standard InChI is InChI=1S/C13H11Br2NOS/c14-9-5-8(13(17)10(15)6-9)7-18-12-4-2-1-3-11(12)16/h1-6,17H,7,16H2. The highest BCUT2D eigenvalue weighted by molar-refractivity contribution is 9.11. The summed E-state index contributed by atoms with van der Waals surface area (Å²) in [4.78, 5) is 1.02. The zero-order valence-electron chi connectivity index (χ0n) is 9.36. The summed E-state index contributed by atoms with van der Waals surface area (Å²) in [5, 5.41) is 9.96. The SMILES string of the molecule is Nc1ccccc1SCc1cc(Br)cc(Br)c1O. The van der Waals surface area contributed by atoms with Crippen LogP contribution < -0.4 is 5.73 Å². The fourth-order valence-corrected chi connectivity index (χ4v) is 3.75. The molecule has 3 N–H and O–H groups in total. The van der Waals surface area contributed by atoms with Crippen molar-refractivity contribution in [3.05, 3.63) is 50.9 Å². The van der Waals surface area contributed by atoms with Gasteiger partial charge in [0, 0.05) is 26.4 Å². The van der Waals surface area contributed by atoms with Gasteiger partial charge in [0.1, 0.15) is 5.75 Å². The first kappa shape index (κ1) is 13.8. The Balaban J connectivity index is 2.18. The number of hydrogen-bond acceptors (Lipinski definition) is 3. The molecule has 0 fully saturated rings. The van der Waals surface area contributed by atoms with E-state index in [1.807, 2.05) is 36.4 Å². The van der Waals surface area contributed by atoms with Crippen LogP contribution in [0, 0.1) is 0 Å². The van der Waals surface area contributed by atoms with Crippen molar-refractivity contribution in [2.24, 2.45) is 0 Å². The van der Waals surface area contributed by atoms with Crippen molar-refractivity contribution in [2.45, 2.75) is 10.6 Å². The van der Waals surface area contributed by atoms with Crippen LogP contribution in [0.2, 0.25) is 0 Å². The molecule has 94 valence electrons. The molecule has 0 aliphatic carbocycles. The van der Waals surface area contributed by atoms with E-state index in [2.05, 4.69) is 31.9 Å². The van der Waals surface area contributed by atoms with Gasteiger partial charge in [-0.2, -0.15) is 0 Å². The average Bonchev–Trinajstić information content (AvgIpc) is 2.33. The van der Waals surface area contributed by atoms with E-state index in [4.69, 9.17) is 5.73 Å². The van der Waals surface area contributed by atoms with Gasteiger partial charge in [-0.3, -0.25) is 0 Å². The van der Waals surface area contributed by atoms with E-state index in [-0.39, 0.29) is 5.75 Å². The first-order valence-electron chi connectivity index (χ1n) is 5.22. The van der Waals surface area contributed by atoms with Crippen LogP contribution in [0.25, 0.3) is 0 Å². The van der Waals surface area contributed by atoms with Gasteiger partial charge in [-0.25, -0.2) is 0 Å². The van der Waals surface area contributed by atoms with Crippen LogP contribution >= 0.6 is 43.6 Å². The number of hydrogen-bond donors (Lipinski definition) is 2. The van der Waals surface area contributed by atoms with Gasteiger partial charge < -0.3 is 10.8 Å². The minimum absolute atomic E-state index is 0.278. The van der Waals surface area contributed by atoms with Gasteiger partial charge in [-0.15, -0.1) is 11.8 Å². The van der Waals surface area contributed by atoms with Gasteiger partial charge in [-0.05, 0) is 40.2 Å². The van der Waals surface area contributed by atoms with E-state index in [0.717, 1.165) is 20.6 Å². The number of nitrogens with two attached hydrogens (primary N) is 1. The Morgan fingerprint density at radius 2 is 1.89 bits per heavy atom. The highest BCUT2D eigenvalue weighted by atomic mass is 79.9. The summed E-state index contributed by atoms with van der Waals surface area (Å²) in [6.07, 6.45) is 0. The number of aromatic hydroxyl groups is 1. The third kappa shape index (κ3) is 3.22. The summed E-state index contributed by atoms with van der Waals surface area (Å²) >= 11 is 8.34. The molecule has 0 aliphatic rings.